The summed E-state index contributed by atoms with van der Waals surface area (Å²) in [6, 6.07) is 12.7. The summed E-state index contributed by atoms with van der Waals surface area (Å²) in [4.78, 5) is 25.8. The SMILES string of the molecule is C=CC(=O)Nc1ccc(N2CCCC(Nc3ncc(Cl)c(-c4c[nH]c5ccccc45)n3)C2)c(F)c1. The lowest BCUT2D eigenvalue weighted by molar-refractivity contribution is -0.111. The van der Waals surface area contributed by atoms with Crippen LogP contribution in [-0.2, 0) is 4.79 Å². The lowest BCUT2D eigenvalue weighted by Crippen LogP contribution is -2.42. The number of hydrogen-bond donors (Lipinski definition) is 3. The first kappa shape index (κ1) is 22.9. The van der Waals surface area contributed by atoms with E-state index in [2.05, 4.69) is 27.2 Å². The number of carbonyl (C=O) groups is 1. The molecule has 0 aliphatic carbocycles. The van der Waals surface area contributed by atoms with Gasteiger partial charge in [-0.2, -0.15) is 0 Å². The fourth-order valence-corrected chi connectivity index (χ4v) is 4.62. The van der Waals surface area contributed by atoms with E-state index in [4.69, 9.17) is 16.6 Å². The minimum Gasteiger partial charge on any atom is -0.367 e. The lowest BCUT2D eigenvalue weighted by atomic mass is 10.0. The number of nitrogens with zero attached hydrogens (tertiary/aromatic N) is 3. The maximum atomic E-state index is 14.8. The predicted molar refractivity (Wildman–Crippen MR) is 138 cm³/mol. The average molecular weight is 491 g/mol. The van der Waals surface area contributed by atoms with E-state index in [9.17, 15) is 9.18 Å². The number of aromatic nitrogens is 3. The molecule has 1 aliphatic heterocycles. The van der Waals surface area contributed by atoms with Crippen molar-refractivity contribution in [3.8, 4) is 11.3 Å². The minimum atomic E-state index is -0.392. The minimum absolute atomic E-state index is 0.0280. The molecule has 1 aliphatic rings. The highest BCUT2D eigenvalue weighted by atomic mass is 35.5. The van der Waals surface area contributed by atoms with Crippen molar-refractivity contribution in [2.45, 2.75) is 18.9 Å². The molecule has 9 heteroatoms. The van der Waals surface area contributed by atoms with Crippen LogP contribution in [0.25, 0.3) is 22.2 Å². The van der Waals surface area contributed by atoms with Gasteiger partial charge >= 0.3 is 0 Å². The average Bonchev–Trinajstić information content (AvgIpc) is 3.29. The summed E-state index contributed by atoms with van der Waals surface area (Å²) < 4.78 is 14.8. The highest BCUT2D eigenvalue weighted by Gasteiger charge is 2.23. The Hall–Kier alpha value is -3.91. The second-order valence-electron chi connectivity index (χ2n) is 8.43. The summed E-state index contributed by atoms with van der Waals surface area (Å²) in [5, 5.41) is 7.48. The third-order valence-corrected chi connectivity index (χ3v) is 6.36. The van der Waals surface area contributed by atoms with Crippen molar-refractivity contribution >= 4 is 45.7 Å². The summed E-state index contributed by atoms with van der Waals surface area (Å²) in [7, 11) is 0. The number of halogens is 2. The van der Waals surface area contributed by atoms with Crippen molar-refractivity contribution in [2.24, 2.45) is 0 Å². The van der Waals surface area contributed by atoms with E-state index < -0.39 is 5.82 Å². The highest BCUT2D eigenvalue weighted by Crippen LogP contribution is 2.33. The molecule has 1 fully saturated rings. The van der Waals surface area contributed by atoms with Gasteiger partial charge in [0.1, 0.15) is 5.82 Å². The highest BCUT2D eigenvalue weighted by molar-refractivity contribution is 6.33. The molecule has 2 aromatic carbocycles. The molecule has 0 spiro atoms. The van der Waals surface area contributed by atoms with Gasteiger partial charge in [-0.15, -0.1) is 0 Å². The van der Waals surface area contributed by atoms with Crippen molar-refractivity contribution < 1.29 is 9.18 Å². The summed E-state index contributed by atoms with van der Waals surface area (Å²) in [5.74, 6) is -0.296. The molecule has 7 nitrogen and oxygen atoms in total. The van der Waals surface area contributed by atoms with E-state index >= 15 is 0 Å². The standard InChI is InChI=1S/C26H24ClFN6O/c1-2-24(35)31-16-9-10-23(21(28)12-16)34-11-5-6-17(15-34)32-26-30-14-20(27)25(33-26)19-13-29-22-8-4-3-7-18(19)22/h2-4,7-10,12-14,17,29H,1,5-6,11,15H2,(H,31,35)(H,30,32,33). The number of nitrogens with one attached hydrogen (secondary N) is 3. The summed E-state index contributed by atoms with van der Waals surface area (Å²) in [6.07, 6.45) is 6.43. The Balaban J connectivity index is 1.33. The first-order valence-electron chi connectivity index (χ1n) is 11.4. The third kappa shape index (κ3) is 4.83. The van der Waals surface area contributed by atoms with Crippen molar-refractivity contribution in [3.05, 3.63) is 78.4 Å². The van der Waals surface area contributed by atoms with Crippen LogP contribution in [0.1, 0.15) is 12.8 Å². The zero-order chi connectivity index (χ0) is 24.4. The van der Waals surface area contributed by atoms with Crippen LogP contribution >= 0.6 is 11.6 Å². The Bertz CT molecular complexity index is 1400. The monoisotopic (exact) mass is 490 g/mol. The molecule has 1 atom stereocenters. The van der Waals surface area contributed by atoms with E-state index in [0.717, 1.165) is 41.9 Å². The quantitative estimate of drug-likeness (QED) is 0.305. The molecule has 3 N–H and O–H groups in total. The largest absolute Gasteiger partial charge is 0.367 e. The molecule has 5 rings (SSSR count). The molecule has 178 valence electrons. The number of fused-ring (bicyclic) bond motifs is 1. The van der Waals surface area contributed by atoms with Gasteiger partial charge in [0.15, 0.2) is 0 Å². The topological polar surface area (TPSA) is 85.9 Å². The normalized spacial score (nSPS) is 15.7. The Morgan fingerprint density at radius 3 is 2.97 bits per heavy atom. The van der Waals surface area contributed by atoms with Crippen LogP contribution in [0.3, 0.4) is 0 Å². The van der Waals surface area contributed by atoms with Crippen LogP contribution < -0.4 is 15.5 Å². The Morgan fingerprint density at radius 2 is 2.14 bits per heavy atom. The van der Waals surface area contributed by atoms with Crippen LogP contribution in [-0.4, -0.2) is 40.0 Å². The van der Waals surface area contributed by atoms with E-state index in [0.29, 0.717) is 34.6 Å². The molecule has 1 unspecified atom stereocenters. The molecule has 4 aromatic rings. The summed E-state index contributed by atoms with van der Waals surface area (Å²) >= 11 is 6.46. The Kier molecular flexibility index (Phi) is 6.37. The van der Waals surface area contributed by atoms with Gasteiger partial charge in [-0.3, -0.25) is 4.79 Å². The zero-order valence-corrected chi connectivity index (χ0v) is 19.6. The van der Waals surface area contributed by atoms with Crippen LogP contribution in [0.5, 0.6) is 0 Å². The number of amides is 1. The number of carbonyl (C=O) groups excluding carboxylic acids is 1. The molecular weight excluding hydrogens is 467 g/mol. The maximum absolute atomic E-state index is 14.8. The summed E-state index contributed by atoms with van der Waals surface area (Å²) in [5.41, 5.74) is 3.45. The van der Waals surface area contributed by atoms with E-state index in [1.807, 2.05) is 35.4 Å². The first-order valence-corrected chi connectivity index (χ1v) is 11.7. The second-order valence-corrected chi connectivity index (χ2v) is 8.83. The molecule has 0 radical (unpaired) electrons. The van der Waals surface area contributed by atoms with Gasteiger partial charge in [0.25, 0.3) is 0 Å². The molecule has 35 heavy (non-hydrogen) atoms. The predicted octanol–water partition coefficient (Wildman–Crippen LogP) is 5.62. The zero-order valence-electron chi connectivity index (χ0n) is 18.9. The van der Waals surface area contributed by atoms with E-state index in [-0.39, 0.29) is 11.9 Å². The lowest BCUT2D eigenvalue weighted by Gasteiger charge is -2.35. The van der Waals surface area contributed by atoms with Gasteiger partial charge < -0.3 is 20.5 Å². The Labute approximate surface area is 207 Å². The molecule has 1 amide bonds. The number of H-pyrrole nitrogens is 1. The van der Waals surface area contributed by atoms with Gasteiger partial charge in [-0.05, 0) is 43.2 Å². The number of piperidine rings is 1. The van der Waals surface area contributed by atoms with Crippen molar-refractivity contribution in [1.82, 2.24) is 15.0 Å². The molecule has 3 heterocycles. The van der Waals surface area contributed by atoms with Crippen LogP contribution in [0.2, 0.25) is 5.02 Å². The Morgan fingerprint density at radius 1 is 1.29 bits per heavy atom. The molecule has 2 aromatic heterocycles. The third-order valence-electron chi connectivity index (χ3n) is 6.08. The molecule has 1 saturated heterocycles. The van der Waals surface area contributed by atoms with Gasteiger partial charge in [-0.1, -0.05) is 36.4 Å². The van der Waals surface area contributed by atoms with Crippen LogP contribution in [0, 0.1) is 5.82 Å². The molecule has 0 bridgehead atoms. The van der Waals surface area contributed by atoms with Gasteiger partial charge in [0.05, 0.1) is 22.6 Å². The van der Waals surface area contributed by atoms with Crippen LogP contribution in [0.4, 0.5) is 21.7 Å². The van der Waals surface area contributed by atoms with Crippen molar-refractivity contribution in [3.63, 3.8) is 0 Å². The maximum Gasteiger partial charge on any atom is 0.247 e. The molecular formula is C26H24ClFN6O. The first-order chi connectivity index (χ1) is 17.0. The van der Waals surface area contributed by atoms with E-state index in [1.165, 1.54) is 6.07 Å². The van der Waals surface area contributed by atoms with Crippen molar-refractivity contribution in [2.75, 3.05) is 28.6 Å². The smallest absolute Gasteiger partial charge is 0.247 e. The number of para-hydroxylation sites is 1. The molecule has 0 saturated carbocycles. The fourth-order valence-electron chi connectivity index (χ4n) is 4.42. The van der Waals surface area contributed by atoms with Crippen LogP contribution in [0.15, 0.2) is 67.5 Å². The van der Waals surface area contributed by atoms with Gasteiger partial charge in [0.2, 0.25) is 11.9 Å². The second kappa shape index (κ2) is 9.76. The number of aromatic amines is 1. The van der Waals surface area contributed by atoms with Gasteiger partial charge in [-0.25, -0.2) is 14.4 Å². The number of hydrogen-bond acceptors (Lipinski definition) is 5. The summed E-state index contributed by atoms with van der Waals surface area (Å²) in [6.45, 7) is 4.73. The van der Waals surface area contributed by atoms with E-state index in [1.54, 1.807) is 18.3 Å². The fraction of sp³-hybridized carbons (Fsp3) is 0.192. The number of anilines is 3. The van der Waals surface area contributed by atoms with Crippen molar-refractivity contribution in [1.29, 1.82) is 0 Å². The number of benzene rings is 2. The van der Waals surface area contributed by atoms with Gasteiger partial charge in [0, 0.05) is 47.5 Å². The number of rotatable bonds is 6.